The maximum atomic E-state index is 6.07. The molecule has 0 heterocycles. The van der Waals surface area contributed by atoms with Crippen molar-refractivity contribution >= 4 is 8.80 Å². The predicted molar refractivity (Wildman–Crippen MR) is 113 cm³/mol. The molecular weight excluding hydrogens is 346 g/mol. The molecule has 0 aromatic carbocycles. The molecule has 0 spiro atoms. The molecule has 0 saturated heterocycles. The van der Waals surface area contributed by atoms with E-state index in [1.165, 1.54) is 0 Å². The zero-order chi connectivity index (χ0) is 19.8. The normalized spacial score (nSPS) is 12.7. The Bertz CT molecular complexity index is 291. The van der Waals surface area contributed by atoms with Crippen LogP contribution in [0.25, 0.3) is 0 Å². The van der Waals surface area contributed by atoms with Crippen molar-refractivity contribution in [2.24, 2.45) is 0 Å². The van der Waals surface area contributed by atoms with E-state index in [-0.39, 0.29) is 0 Å². The van der Waals surface area contributed by atoms with Crippen molar-refractivity contribution in [2.75, 3.05) is 79.4 Å². The Labute approximate surface area is 164 Å². The van der Waals surface area contributed by atoms with E-state index in [2.05, 4.69) is 42.6 Å². The molecule has 0 aliphatic rings. The van der Waals surface area contributed by atoms with E-state index in [1.54, 1.807) is 0 Å². The molecule has 0 aromatic heterocycles. The van der Waals surface area contributed by atoms with Crippen molar-refractivity contribution in [2.45, 2.75) is 47.5 Å². The Morgan fingerprint density at radius 3 is 1.31 bits per heavy atom. The van der Waals surface area contributed by atoms with Gasteiger partial charge in [0.25, 0.3) is 0 Å². The number of hydrogen-bond donors (Lipinski definition) is 0. The number of rotatable bonds is 18. The second-order valence-electron chi connectivity index (χ2n) is 6.76. The van der Waals surface area contributed by atoms with E-state index in [9.17, 15) is 0 Å². The molecule has 0 fully saturated rings. The van der Waals surface area contributed by atoms with E-state index in [0.717, 1.165) is 58.3 Å². The van der Waals surface area contributed by atoms with E-state index in [0.29, 0.717) is 19.8 Å². The fourth-order valence-electron chi connectivity index (χ4n) is 2.91. The SMILES string of the molecule is CCO[Si](CN(CCCN(C)CC)CCCN(C)CC)(OCC)OCC. The first kappa shape index (κ1) is 26.0. The summed E-state index contributed by atoms with van der Waals surface area (Å²) in [4.78, 5) is 7.23. The summed E-state index contributed by atoms with van der Waals surface area (Å²) in [5, 5.41) is 0. The fraction of sp³-hybridized carbons (Fsp3) is 1.00. The molecular formula is C19H45N3O3Si. The van der Waals surface area contributed by atoms with E-state index in [4.69, 9.17) is 13.3 Å². The first-order valence-corrected chi connectivity index (χ1v) is 12.4. The molecule has 26 heavy (non-hydrogen) atoms. The van der Waals surface area contributed by atoms with Crippen LogP contribution < -0.4 is 0 Å². The minimum atomic E-state index is -2.63. The summed E-state index contributed by atoms with van der Waals surface area (Å²) in [5.41, 5.74) is 0. The zero-order valence-electron chi connectivity index (χ0n) is 18.6. The topological polar surface area (TPSA) is 37.4 Å². The Morgan fingerprint density at radius 1 is 0.615 bits per heavy atom. The minimum absolute atomic E-state index is 0.636. The molecule has 0 unspecified atom stereocenters. The quantitative estimate of drug-likeness (QED) is 0.334. The summed E-state index contributed by atoms with van der Waals surface area (Å²) >= 11 is 0. The molecule has 0 aromatic rings. The van der Waals surface area contributed by atoms with Crippen LogP contribution in [0.5, 0.6) is 0 Å². The molecule has 0 N–H and O–H groups in total. The molecule has 0 amide bonds. The summed E-state index contributed by atoms with van der Waals surface area (Å²) < 4.78 is 18.2. The summed E-state index contributed by atoms with van der Waals surface area (Å²) in [7, 11) is 1.73. The lowest BCUT2D eigenvalue weighted by Crippen LogP contribution is -2.56. The van der Waals surface area contributed by atoms with Crippen molar-refractivity contribution in [3.05, 3.63) is 0 Å². The van der Waals surface area contributed by atoms with Gasteiger partial charge in [-0.2, -0.15) is 0 Å². The van der Waals surface area contributed by atoms with Gasteiger partial charge in [-0.1, -0.05) is 13.8 Å². The van der Waals surface area contributed by atoms with Gasteiger partial charge in [0.15, 0.2) is 0 Å². The average molecular weight is 392 g/mol. The van der Waals surface area contributed by atoms with Crippen LogP contribution in [0.4, 0.5) is 0 Å². The minimum Gasteiger partial charge on any atom is -0.373 e. The van der Waals surface area contributed by atoms with Gasteiger partial charge in [-0.25, -0.2) is 0 Å². The molecule has 0 aliphatic heterocycles. The van der Waals surface area contributed by atoms with Gasteiger partial charge in [0.1, 0.15) is 0 Å². The summed E-state index contributed by atoms with van der Waals surface area (Å²) in [6.45, 7) is 18.9. The van der Waals surface area contributed by atoms with Gasteiger partial charge >= 0.3 is 8.80 Å². The molecule has 0 saturated carbocycles. The lowest BCUT2D eigenvalue weighted by Gasteiger charge is -2.34. The largest absolute Gasteiger partial charge is 0.515 e. The standard InChI is InChI=1S/C19H45N3O3Si/c1-8-20(6)15-13-17-22(18-14-16-21(7)9-2)19-26(23-10-3,24-11-4)25-12-5/h8-19H2,1-7H3. The number of nitrogens with zero attached hydrogens (tertiary/aromatic N) is 3. The molecule has 0 aliphatic carbocycles. The highest BCUT2D eigenvalue weighted by molar-refractivity contribution is 6.60. The lowest BCUT2D eigenvalue weighted by molar-refractivity contribution is 0.0556. The fourth-order valence-corrected chi connectivity index (χ4v) is 5.62. The highest BCUT2D eigenvalue weighted by atomic mass is 28.4. The third-order valence-corrected chi connectivity index (χ3v) is 7.64. The van der Waals surface area contributed by atoms with Crippen LogP contribution in [-0.4, -0.2) is 103 Å². The molecule has 0 bridgehead atoms. The van der Waals surface area contributed by atoms with Gasteiger partial charge in [0, 0.05) is 19.8 Å². The Hall–Kier alpha value is -0.0231. The van der Waals surface area contributed by atoms with Crippen molar-refractivity contribution in [3.8, 4) is 0 Å². The van der Waals surface area contributed by atoms with Crippen LogP contribution >= 0.6 is 0 Å². The van der Waals surface area contributed by atoms with Gasteiger partial charge in [0.05, 0.1) is 6.17 Å². The molecule has 0 rings (SSSR count). The maximum absolute atomic E-state index is 6.07. The third-order valence-electron chi connectivity index (χ3n) is 4.62. The van der Waals surface area contributed by atoms with Gasteiger partial charge in [-0.15, -0.1) is 0 Å². The highest BCUT2D eigenvalue weighted by Crippen LogP contribution is 2.13. The second-order valence-corrected chi connectivity index (χ2v) is 9.31. The summed E-state index contributed by atoms with van der Waals surface area (Å²) in [5.74, 6) is 0. The number of hydrogen-bond acceptors (Lipinski definition) is 6. The molecule has 7 heteroatoms. The summed E-state index contributed by atoms with van der Waals surface area (Å²) in [6, 6.07) is 0. The monoisotopic (exact) mass is 391 g/mol. The average Bonchev–Trinajstić information content (AvgIpc) is 2.61. The van der Waals surface area contributed by atoms with Gasteiger partial charge in [-0.05, 0) is 87.0 Å². The van der Waals surface area contributed by atoms with E-state index < -0.39 is 8.80 Å². The van der Waals surface area contributed by atoms with Crippen molar-refractivity contribution in [3.63, 3.8) is 0 Å². The van der Waals surface area contributed by atoms with Crippen LogP contribution in [0.3, 0.4) is 0 Å². The van der Waals surface area contributed by atoms with E-state index >= 15 is 0 Å². The first-order chi connectivity index (χ1) is 12.5. The molecule has 6 nitrogen and oxygen atoms in total. The molecule has 0 radical (unpaired) electrons. The van der Waals surface area contributed by atoms with Gasteiger partial charge in [0.2, 0.25) is 0 Å². The molecule has 0 atom stereocenters. The van der Waals surface area contributed by atoms with Crippen LogP contribution in [0.1, 0.15) is 47.5 Å². The van der Waals surface area contributed by atoms with E-state index in [1.807, 2.05) is 20.8 Å². The third kappa shape index (κ3) is 11.6. The van der Waals surface area contributed by atoms with Crippen LogP contribution in [-0.2, 0) is 13.3 Å². The maximum Gasteiger partial charge on any atom is 0.515 e. The van der Waals surface area contributed by atoms with Gasteiger partial charge < -0.3 is 23.1 Å². The summed E-state index contributed by atoms with van der Waals surface area (Å²) in [6.07, 6.45) is 3.10. The van der Waals surface area contributed by atoms with Gasteiger partial charge in [-0.3, -0.25) is 4.90 Å². The predicted octanol–water partition coefficient (Wildman–Crippen LogP) is 2.56. The van der Waals surface area contributed by atoms with Crippen LogP contribution in [0.2, 0.25) is 0 Å². The Balaban J connectivity index is 4.87. The zero-order valence-corrected chi connectivity index (χ0v) is 19.6. The molecule has 158 valence electrons. The Kier molecular flexibility index (Phi) is 16.0. The second kappa shape index (κ2) is 16.0. The Morgan fingerprint density at radius 2 is 1.00 bits per heavy atom. The lowest BCUT2D eigenvalue weighted by atomic mass is 10.3. The first-order valence-electron chi connectivity index (χ1n) is 10.5. The van der Waals surface area contributed by atoms with Crippen molar-refractivity contribution in [1.29, 1.82) is 0 Å². The highest BCUT2D eigenvalue weighted by Gasteiger charge is 2.42. The van der Waals surface area contributed by atoms with Crippen molar-refractivity contribution in [1.82, 2.24) is 14.7 Å². The van der Waals surface area contributed by atoms with Crippen LogP contribution in [0.15, 0.2) is 0 Å². The van der Waals surface area contributed by atoms with Crippen molar-refractivity contribution < 1.29 is 13.3 Å². The smallest absolute Gasteiger partial charge is 0.373 e. The van der Waals surface area contributed by atoms with Crippen LogP contribution in [0, 0.1) is 0 Å².